The predicted octanol–water partition coefficient (Wildman–Crippen LogP) is 3.62. The summed E-state index contributed by atoms with van der Waals surface area (Å²) in [4.78, 5) is 9.24. The quantitative estimate of drug-likeness (QED) is 0.564. The second kappa shape index (κ2) is 8.36. The molecule has 4 rings (SSSR count). The van der Waals surface area contributed by atoms with Crippen LogP contribution >= 0.6 is 12.2 Å². The Morgan fingerprint density at radius 1 is 1.07 bits per heavy atom. The summed E-state index contributed by atoms with van der Waals surface area (Å²) >= 11 is 5.37. The van der Waals surface area contributed by atoms with E-state index in [1.165, 1.54) is 0 Å². The fraction of sp³-hybridized carbons (Fsp3) is 0.190. The average molecular weight is 425 g/mol. The van der Waals surface area contributed by atoms with E-state index in [2.05, 4.69) is 20.0 Å². The molecule has 8 heteroatoms. The summed E-state index contributed by atoms with van der Waals surface area (Å²) in [6.45, 7) is 0.505. The molecule has 2 N–H and O–H groups in total. The predicted molar refractivity (Wildman–Crippen MR) is 117 cm³/mol. The van der Waals surface area contributed by atoms with Gasteiger partial charge in [0.15, 0.2) is 0 Å². The highest BCUT2D eigenvalue weighted by Gasteiger charge is 2.24. The fourth-order valence-corrected chi connectivity index (χ4v) is 4.19. The van der Waals surface area contributed by atoms with E-state index in [-0.39, 0.29) is 4.90 Å². The van der Waals surface area contributed by atoms with Crippen LogP contribution in [0.15, 0.2) is 72.0 Å². The third kappa shape index (κ3) is 5.03. The first-order chi connectivity index (χ1) is 14.0. The molecular formula is C21H20N4O2S2. The molecule has 1 aromatic carbocycles. The van der Waals surface area contributed by atoms with Crippen LogP contribution in [0.25, 0.3) is 11.1 Å². The number of nitrogens with one attached hydrogen (secondary N) is 2. The molecule has 2 aromatic heterocycles. The summed E-state index contributed by atoms with van der Waals surface area (Å²) in [5, 5.41) is 3.08. The normalized spacial score (nSPS) is 13.8. The third-order valence-electron chi connectivity index (χ3n) is 4.67. The number of nitrogens with zero attached hydrogens (tertiary/aromatic N) is 2. The van der Waals surface area contributed by atoms with Crippen molar-refractivity contribution in [3.63, 3.8) is 0 Å². The van der Waals surface area contributed by atoms with Crippen molar-refractivity contribution >= 4 is 33.0 Å². The topological polar surface area (TPSA) is 84.0 Å². The molecule has 1 aliphatic rings. The molecule has 0 unspecified atom stereocenters. The first kappa shape index (κ1) is 19.6. The minimum atomic E-state index is -3.51. The van der Waals surface area contributed by atoms with Crippen molar-refractivity contribution in [3.8, 4) is 11.1 Å². The van der Waals surface area contributed by atoms with Crippen LogP contribution < -0.4 is 10.0 Å². The van der Waals surface area contributed by atoms with Gasteiger partial charge in [-0.2, -0.15) is 0 Å². The van der Waals surface area contributed by atoms with Crippen molar-refractivity contribution in [1.82, 2.24) is 14.7 Å². The standard InChI is InChI=1S/C21H20N4O2S2/c26-29(27,24-12-15-6-7-15)19-5-1-3-16(11-19)17-8-9-20(23-14-17)25-21(28)18-4-2-10-22-13-18/h1-5,8-11,13-15,24H,6-7,12H2,(H,23,25,28). The van der Waals surface area contributed by atoms with Crippen LogP contribution in [-0.4, -0.2) is 29.9 Å². The molecule has 0 spiro atoms. The number of anilines is 1. The van der Waals surface area contributed by atoms with Crippen molar-refractivity contribution < 1.29 is 8.42 Å². The maximum absolute atomic E-state index is 12.5. The lowest BCUT2D eigenvalue weighted by Gasteiger charge is -2.10. The van der Waals surface area contributed by atoms with Crippen LogP contribution in [0.4, 0.5) is 5.82 Å². The van der Waals surface area contributed by atoms with Crippen LogP contribution in [0.2, 0.25) is 0 Å². The fourth-order valence-electron chi connectivity index (χ4n) is 2.80. The Kier molecular flexibility index (Phi) is 5.66. The number of pyridine rings is 2. The van der Waals surface area contributed by atoms with Gasteiger partial charge in [-0.05, 0) is 60.7 Å². The van der Waals surface area contributed by atoms with Gasteiger partial charge in [0, 0.05) is 36.3 Å². The van der Waals surface area contributed by atoms with E-state index >= 15 is 0 Å². The van der Waals surface area contributed by atoms with Gasteiger partial charge < -0.3 is 5.32 Å². The van der Waals surface area contributed by atoms with E-state index in [0.717, 1.165) is 29.5 Å². The van der Waals surface area contributed by atoms with Gasteiger partial charge in [-0.1, -0.05) is 24.4 Å². The lowest BCUT2D eigenvalue weighted by molar-refractivity contribution is 0.577. The summed E-state index contributed by atoms with van der Waals surface area (Å²) in [5.41, 5.74) is 2.42. The SMILES string of the molecule is O=S(=O)(NCC1CC1)c1cccc(-c2ccc(NC(=S)c3cccnc3)nc2)c1. The van der Waals surface area contributed by atoms with Gasteiger partial charge in [0.2, 0.25) is 10.0 Å². The van der Waals surface area contributed by atoms with E-state index in [9.17, 15) is 8.42 Å². The first-order valence-corrected chi connectivity index (χ1v) is 11.2. The van der Waals surface area contributed by atoms with Crippen LogP contribution in [-0.2, 0) is 10.0 Å². The number of thiocarbonyl (C=S) groups is 1. The van der Waals surface area contributed by atoms with Gasteiger partial charge in [-0.25, -0.2) is 18.1 Å². The van der Waals surface area contributed by atoms with Crippen molar-refractivity contribution in [1.29, 1.82) is 0 Å². The number of hydrogen-bond donors (Lipinski definition) is 2. The van der Waals surface area contributed by atoms with Crippen LogP contribution in [0.3, 0.4) is 0 Å². The molecule has 0 amide bonds. The van der Waals surface area contributed by atoms with E-state index in [0.29, 0.717) is 23.3 Å². The van der Waals surface area contributed by atoms with Gasteiger partial charge in [-0.3, -0.25) is 4.98 Å². The van der Waals surface area contributed by atoms with Gasteiger partial charge in [-0.15, -0.1) is 0 Å². The lowest BCUT2D eigenvalue weighted by Crippen LogP contribution is -2.25. The number of aromatic nitrogens is 2. The number of rotatable bonds is 7. The Morgan fingerprint density at radius 2 is 1.93 bits per heavy atom. The van der Waals surface area contributed by atoms with Gasteiger partial charge in [0.25, 0.3) is 0 Å². The molecule has 1 aliphatic carbocycles. The Balaban J connectivity index is 1.48. The Labute approximate surface area is 175 Å². The molecule has 0 aliphatic heterocycles. The van der Waals surface area contributed by atoms with Crippen LogP contribution in [0.1, 0.15) is 18.4 Å². The highest BCUT2D eigenvalue weighted by Crippen LogP contribution is 2.28. The van der Waals surface area contributed by atoms with Gasteiger partial charge >= 0.3 is 0 Å². The summed E-state index contributed by atoms with van der Waals surface area (Å²) < 4.78 is 27.7. The molecule has 0 atom stereocenters. The lowest BCUT2D eigenvalue weighted by atomic mass is 10.1. The molecule has 29 heavy (non-hydrogen) atoms. The van der Waals surface area contributed by atoms with Crippen molar-refractivity contribution in [2.45, 2.75) is 17.7 Å². The first-order valence-electron chi connectivity index (χ1n) is 9.29. The maximum Gasteiger partial charge on any atom is 0.240 e. The minimum absolute atomic E-state index is 0.260. The molecule has 0 bridgehead atoms. The van der Waals surface area contributed by atoms with Crippen molar-refractivity contribution in [3.05, 3.63) is 72.7 Å². The minimum Gasteiger partial charge on any atom is -0.331 e. The van der Waals surface area contributed by atoms with Crippen molar-refractivity contribution in [2.75, 3.05) is 11.9 Å². The molecular weight excluding hydrogens is 404 g/mol. The van der Waals surface area contributed by atoms with E-state index < -0.39 is 10.0 Å². The van der Waals surface area contributed by atoms with E-state index in [4.69, 9.17) is 12.2 Å². The summed E-state index contributed by atoms with van der Waals surface area (Å²) in [5.74, 6) is 1.09. The molecule has 6 nitrogen and oxygen atoms in total. The second-order valence-electron chi connectivity index (χ2n) is 6.95. The smallest absolute Gasteiger partial charge is 0.240 e. The zero-order valence-corrected chi connectivity index (χ0v) is 17.2. The van der Waals surface area contributed by atoms with Crippen LogP contribution in [0, 0.1) is 5.92 Å². The molecule has 3 aromatic rings. The summed E-state index contributed by atoms with van der Waals surface area (Å²) in [6, 6.07) is 14.3. The van der Waals surface area contributed by atoms with E-state index in [1.807, 2.05) is 30.3 Å². The van der Waals surface area contributed by atoms with Crippen LogP contribution in [0.5, 0.6) is 0 Å². The maximum atomic E-state index is 12.5. The number of sulfonamides is 1. The molecule has 2 heterocycles. The third-order valence-corrected chi connectivity index (χ3v) is 6.42. The highest BCUT2D eigenvalue weighted by atomic mass is 32.2. The van der Waals surface area contributed by atoms with Gasteiger partial charge in [0.05, 0.1) is 4.90 Å². The molecule has 148 valence electrons. The Hall–Kier alpha value is -2.68. The summed E-state index contributed by atoms with van der Waals surface area (Å²) in [6.07, 6.45) is 7.26. The Morgan fingerprint density at radius 3 is 2.62 bits per heavy atom. The summed E-state index contributed by atoms with van der Waals surface area (Å²) in [7, 11) is -3.51. The monoisotopic (exact) mass is 424 g/mol. The molecule has 0 saturated heterocycles. The zero-order chi connectivity index (χ0) is 20.3. The number of benzene rings is 1. The second-order valence-corrected chi connectivity index (χ2v) is 9.13. The Bertz CT molecular complexity index is 1110. The van der Waals surface area contributed by atoms with E-state index in [1.54, 1.807) is 36.8 Å². The zero-order valence-electron chi connectivity index (χ0n) is 15.6. The molecule has 1 fully saturated rings. The molecule has 0 radical (unpaired) electrons. The highest BCUT2D eigenvalue weighted by molar-refractivity contribution is 7.89. The average Bonchev–Trinajstić information content (AvgIpc) is 3.58. The number of hydrogen-bond acceptors (Lipinski definition) is 5. The van der Waals surface area contributed by atoms with Gasteiger partial charge in [0.1, 0.15) is 10.8 Å². The molecule has 1 saturated carbocycles. The largest absolute Gasteiger partial charge is 0.331 e. The van der Waals surface area contributed by atoms with Crippen molar-refractivity contribution in [2.24, 2.45) is 5.92 Å².